The molecule has 1 fully saturated rings. The monoisotopic (exact) mass is 544 g/mol. The quantitative estimate of drug-likeness (QED) is 0.405. The first-order valence-electron chi connectivity index (χ1n) is 12.8. The highest BCUT2D eigenvalue weighted by Crippen LogP contribution is 2.51. The fourth-order valence-corrected chi connectivity index (χ4v) is 8.16. The molecule has 0 N–H and O–H groups in total. The molecule has 6 nitrogen and oxygen atoms in total. The number of allylic oxidation sites excluding steroid dienone is 2. The summed E-state index contributed by atoms with van der Waals surface area (Å²) in [5, 5.41) is 0. The molecule has 0 spiro atoms. The van der Waals surface area contributed by atoms with Gasteiger partial charge in [0.15, 0.2) is 0 Å². The van der Waals surface area contributed by atoms with Crippen molar-refractivity contribution in [1.82, 2.24) is 0 Å². The van der Waals surface area contributed by atoms with Crippen molar-refractivity contribution in [2.75, 3.05) is 0 Å². The van der Waals surface area contributed by atoms with Crippen LogP contribution in [0.5, 0.6) is 0 Å². The largest absolute Gasteiger partial charge is 0.282 e. The second-order valence-corrected chi connectivity index (χ2v) is 13.6. The van der Waals surface area contributed by atoms with Gasteiger partial charge < -0.3 is 0 Å². The molecule has 0 amide bonds. The molecule has 3 aromatic rings. The van der Waals surface area contributed by atoms with Crippen LogP contribution in [0.15, 0.2) is 104 Å². The van der Waals surface area contributed by atoms with Crippen LogP contribution in [0, 0.1) is 37.5 Å². The topological polar surface area (TPSA) is 93.0 Å². The van der Waals surface area contributed by atoms with E-state index in [0.717, 1.165) is 24.0 Å². The van der Waals surface area contributed by atoms with Crippen molar-refractivity contribution in [3.05, 3.63) is 107 Å². The molecule has 3 aromatic carbocycles. The number of hydrogen-bond acceptors (Lipinski definition) is 4. The molecule has 8 heteroatoms. The van der Waals surface area contributed by atoms with Crippen LogP contribution in [-0.2, 0) is 20.0 Å². The zero-order valence-electron chi connectivity index (χ0n) is 21.2. The Balaban J connectivity index is 1.57. The van der Waals surface area contributed by atoms with Crippen molar-refractivity contribution in [3.63, 3.8) is 0 Å². The first-order chi connectivity index (χ1) is 18.1. The Labute approximate surface area is 224 Å². The van der Waals surface area contributed by atoms with E-state index in [2.05, 4.69) is 20.9 Å². The second-order valence-electron chi connectivity index (χ2n) is 10.4. The minimum atomic E-state index is -3.98. The van der Waals surface area contributed by atoms with E-state index in [4.69, 9.17) is 0 Å². The van der Waals surface area contributed by atoms with E-state index < -0.39 is 20.0 Å². The number of aryl methyl sites for hydroxylation is 2. The van der Waals surface area contributed by atoms with E-state index in [1.165, 1.54) is 0 Å². The SMILES string of the molecule is Cc1ccc(S(=O)(=O)N=C2c3ccccc3C(=NS(=O)(=O)c3ccc(C)cc3)[C@H]3[C@@H]2[C@H]2C=C[C@H]3CC2)cc1. The Hall–Kier alpha value is -3.36. The number of benzene rings is 3. The third-order valence-electron chi connectivity index (χ3n) is 7.93. The van der Waals surface area contributed by atoms with Crippen molar-refractivity contribution < 1.29 is 16.8 Å². The summed E-state index contributed by atoms with van der Waals surface area (Å²) in [6.45, 7) is 3.81. The Morgan fingerprint density at radius 2 is 0.947 bits per heavy atom. The Morgan fingerprint density at radius 3 is 1.29 bits per heavy atom. The van der Waals surface area contributed by atoms with Gasteiger partial charge in [-0.2, -0.15) is 25.6 Å². The van der Waals surface area contributed by atoms with E-state index in [1.807, 2.05) is 38.1 Å². The van der Waals surface area contributed by atoms with Gasteiger partial charge in [0.1, 0.15) is 0 Å². The lowest BCUT2D eigenvalue weighted by Gasteiger charge is -2.48. The maximum Gasteiger partial charge on any atom is 0.282 e. The summed E-state index contributed by atoms with van der Waals surface area (Å²) in [7, 11) is -7.96. The van der Waals surface area contributed by atoms with E-state index in [-0.39, 0.29) is 33.5 Å². The molecule has 0 unspecified atom stereocenters. The molecular formula is C30H28N2O4S2. The summed E-state index contributed by atoms with van der Waals surface area (Å²) in [4.78, 5) is 0.283. The van der Waals surface area contributed by atoms with Crippen LogP contribution in [-0.4, -0.2) is 28.3 Å². The van der Waals surface area contributed by atoms with Gasteiger partial charge in [0, 0.05) is 23.0 Å². The van der Waals surface area contributed by atoms with Crippen LogP contribution in [0.3, 0.4) is 0 Å². The lowest BCUT2D eigenvalue weighted by molar-refractivity contribution is 0.226. The molecule has 0 saturated heterocycles. The fourth-order valence-electron chi connectivity index (χ4n) is 6.03. The highest BCUT2D eigenvalue weighted by molar-refractivity contribution is 7.90. The van der Waals surface area contributed by atoms with Gasteiger partial charge in [0.25, 0.3) is 20.0 Å². The molecule has 7 rings (SSSR count). The third-order valence-corrected chi connectivity index (χ3v) is 10.5. The summed E-state index contributed by atoms with van der Waals surface area (Å²) in [6.07, 6.45) is 6.07. The lowest BCUT2D eigenvalue weighted by atomic mass is 9.55. The average molecular weight is 545 g/mol. The number of rotatable bonds is 4. The molecule has 38 heavy (non-hydrogen) atoms. The predicted molar refractivity (Wildman–Crippen MR) is 149 cm³/mol. The Kier molecular flexibility index (Phi) is 6.00. The summed E-state index contributed by atoms with van der Waals surface area (Å²) in [5.41, 5.74) is 4.18. The molecule has 0 aromatic heterocycles. The van der Waals surface area contributed by atoms with E-state index in [1.54, 1.807) is 48.5 Å². The van der Waals surface area contributed by atoms with Crippen LogP contribution in [0.4, 0.5) is 0 Å². The smallest absolute Gasteiger partial charge is 0.199 e. The van der Waals surface area contributed by atoms with Gasteiger partial charge in [-0.05, 0) is 62.8 Å². The molecular weight excluding hydrogens is 516 g/mol. The highest BCUT2D eigenvalue weighted by atomic mass is 32.2. The average Bonchev–Trinajstić information content (AvgIpc) is 2.91. The maximum atomic E-state index is 13.5. The van der Waals surface area contributed by atoms with Gasteiger partial charge in [-0.1, -0.05) is 71.8 Å². The molecule has 194 valence electrons. The van der Waals surface area contributed by atoms with Gasteiger partial charge in [0.05, 0.1) is 21.2 Å². The zero-order valence-corrected chi connectivity index (χ0v) is 22.8. The number of nitrogens with zero attached hydrogens (tertiary/aromatic N) is 2. The van der Waals surface area contributed by atoms with E-state index in [9.17, 15) is 16.8 Å². The van der Waals surface area contributed by atoms with Crippen molar-refractivity contribution in [2.45, 2.75) is 36.5 Å². The van der Waals surface area contributed by atoms with Crippen LogP contribution < -0.4 is 0 Å². The van der Waals surface area contributed by atoms with Gasteiger partial charge in [-0.3, -0.25) is 0 Å². The summed E-state index contributed by atoms with van der Waals surface area (Å²) in [6, 6.07) is 20.7. The molecule has 0 aliphatic heterocycles. The standard InChI is InChI=1S/C30H28N2O4S2/c1-19-7-15-23(16-8-19)37(33,34)31-29-25-5-3-4-6-26(25)30(28-22-13-11-21(12-14-22)27(28)29)32-38(35,36)24-17-9-20(2)10-18-24/h3-11,13,15-18,21-22,27-28H,12,14H2,1-2H3/t21-,22-,27-,28+/m0/s1. The predicted octanol–water partition coefficient (Wildman–Crippen LogP) is 5.50. The molecule has 1 saturated carbocycles. The molecule has 0 heterocycles. The minimum Gasteiger partial charge on any atom is -0.199 e. The zero-order chi connectivity index (χ0) is 26.7. The highest BCUT2D eigenvalue weighted by Gasteiger charge is 2.50. The summed E-state index contributed by atoms with van der Waals surface area (Å²) >= 11 is 0. The molecule has 2 bridgehead atoms. The first kappa shape index (κ1) is 24.9. The van der Waals surface area contributed by atoms with Gasteiger partial charge in [0.2, 0.25) is 0 Å². The molecule has 4 atom stereocenters. The van der Waals surface area contributed by atoms with Crippen molar-refractivity contribution >= 4 is 31.5 Å². The Morgan fingerprint density at radius 1 is 0.579 bits per heavy atom. The van der Waals surface area contributed by atoms with E-state index in [0.29, 0.717) is 22.6 Å². The Bertz CT molecular complexity index is 1590. The van der Waals surface area contributed by atoms with Gasteiger partial charge in [-0.25, -0.2) is 0 Å². The fraction of sp³-hybridized carbons (Fsp3) is 0.267. The van der Waals surface area contributed by atoms with Crippen molar-refractivity contribution in [2.24, 2.45) is 32.5 Å². The molecule has 4 aliphatic carbocycles. The maximum absolute atomic E-state index is 13.5. The van der Waals surface area contributed by atoms with Gasteiger partial charge >= 0.3 is 0 Å². The van der Waals surface area contributed by atoms with Crippen LogP contribution in [0.25, 0.3) is 0 Å². The minimum absolute atomic E-state index is 0.0533. The van der Waals surface area contributed by atoms with Crippen LogP contribution in [0.1, 0.15) is 35.1 Å². The summed E-state index contributed by atoms with van der Waals surface area (Å²) in [5.74, 6) is -0.447. The lowest BCUT2D eigenvalue weighted by Crippen LogP contribution is -2.49. The summed E-state index contributed by atoms with van der Waals surface area (Å²) < 4.78 is 62.9. The van der Waals surface area contributed by atoms with E-state index >= 15 is 0 Å². The number of fused-ring (bicyclic) bond motifs is 2. The molecule has 0 radical (unpaired) electrons. The number of sulfonamides is 2. The number of hydrogen-bond donors (Lipinski definition) is 0. The van der Waals surface area contributed by atoms with Crippen LogP contribution >= 0.6 is 0 Å². The molecule has 4 aliphatic rings. The van der Waals surface area contributed by atoms with Crippen molar-refractivity contribution in [1.29, 1.82) is 0 Å². The normalized spacial score (nSPS) is 26.4. The van der Waals surface area contributed by atoms with Crippen molar-refractivity contribution in [3.8, 4) is 0 Å². The first-order valence-corrected chi connectivity index (χ1v) is 15.6. The third kappa shape index (κ3) is 4.25. The van der Waals surface area contributed by atoms with Crippen LogP contribution in [0.2, 0.25) is 0 Å². The van der Waals surface area contributed by atoms with Gasteiger partial charge in [-0.15, -0.1) is 0 Å². The second kappa shape index (κ2) is 9.13.